The van der Waals surface area contributed by atoms with E-state index in [1.165, 1.54) is 12.1 Å². The Hall–Kier alpha value is -1.68. The summed E-state index contributed by atoms with van der Waals surface area (Å²) in [5.41, 5.74) is 0.181. The Labute approximate surface area is 113 Å². The molecule has 5 heteroatoms. The standard InChI is InChI=1S/C14H10ClF3O/c15-9-10-2-1-3-13(8-10)19-12-6-4-11(5-7-12)14(16,17)18/h1-8H,9H2. The molecule has 2 aromatic rings. The largest absolute Gasteiger partial charge is 0.457 e. The number of halogens is 4. The SMILES string of the molecule is FC(F)(F)c1ccc(Oc2cccc(CCl)c2)cc1. The highest BCUT2D eigenvalue weighted by Gasteiger charge is 2.30. The highest BCUT2D eigenvalue weighted by atomic mass is 35.5. The van der Waals surface area contributed by atoms with Crippen molar-refractivity contribution in [3.63, 3.8) is 0 Å². The molecule has 0 N–H and O–H groups in total. The highest BCUT2D eigenvalue weighted by molar-refractivity contribution is 6.17. The summed E-state index contributed by atoms with van der Waals surface area (Å²) in [4.78, 5) is 0. The monoisotopic (exact) mass is 286 g/mol. The van der Waals surface area contributed by atoms with Crippen LogP contribution in [0.1, 0.15) is 11.1 Å². The van der Waals surface area contributed by atoms with Gasteiger partial charge in [0.05, 0.1) is 5.56 Å². The van der Waals surface area contributed by atoms with Crippen LogP contribution in [0, 0.1) is 0 Å². The fourth-order valence-corrected chi connectivity index (χ4v) is 1.71. The first kappa shape index (κ1) is 13.7. The van der Waals surface area contributed by atoms with Crippen molar-refractivity contribution in [3.8, 4) is 11.5 Å². The van der Waals surface area contributed by atoms with Crippen LogP contribution in [0.25, 0.3) is 0 Å². The van der Waals surface area contributed by atoms with Crippen molar-refractivity contribution in [1.82, 2.24) is 0 Å². The third kappa shape index (κ3) is 3.64. The van der Waals surface area contributed by atoms with E-state index in [4.69, 9.17) is 16.3 Å². The lowest BCUT2D eigenvalue weighted by Crippen LogP contribution is -2.03. The molecule has 2 aromatic carbocycles. The minimum absolute atomic E-state index is 0.347. The maximum Gasteiger partial charge on any atom is 0.416 e. The average Bonchev–Trinajstić information content (AvgIpc) is 2.38. The zero-order chi connectivity index (χ0) is 13.9. The van der Waals surface area contributed by atoms with Crippen molar-refractivity contribution in [1.29, 1.82) is 0 Å². The number of hydrogen-bond acceptors (Lipinski definition) is 1. The van der Waals surface area contributed by atoms with E-state index >= 15 is 0 Å². The predicted molar refractivity (Wildman–Crippen MR) is 67.5 cm³/mol. The Morgan fingerprint density at radius 1 is 0.947 bits per heavy atom. The van der Waals surface area contributed by atoms with Crippen LogP contribution in [-0.2, 0) is 12.1 Å². The van der Waals surface area contributed by atoms with Gasteiger partial charge in [0.1, 0.15) is 11.5 Å². The van der Waals surface area contributed by atoms with Gasteiger partial charge in [-0.2, -0.15) is 13.2 Å². The van der Waals surface area contributed by atoms with E-state index in [1.807, 2.05) is 6.07 Å². The fourth-order valence-electron chi connectivity index (χ4n) is 1.54. The Morgan fingerprint density at radius 2 is 1.63 bits per heavy atom. The van der Waals surface area contributed by atoms with Crippen molar-refractivity contribution in [2.75, 3.05) is 0 Å². The molecular formula is C14H10ClF3O. The van der Waals surface area contributed by atoms with Crippen molar-refractivity contribution in [3.05, 3.63) is 59.7 Å². The molecule has 0 heterocycles. The normalized spacial score (nSPS) is 11.4. The van der Waals surface area contributed by atoms with Crippen LogP contribution >= 0.6 is 11.6 Å². The molecule has 0 saturated heterocycles. The van der Waals surface area contributed by atoms with Gasteiger partial charge in [0.15, 0.2) is 0 Å². The molecule has 19 heavy (non-hydrogen) atoms. The molecule has 0 amide bonds. The molecule has 0 aromatic heterocycles. The maximum absolute atomic E-state index is 12.4. The second-order valence-electron chi connectivity index (χ2n) is 3.91. The van der Waals surface area contributed by atoms with Crippen LogP contribution in [0.3, 0.4) is 0 Å². The molecule has 0 radical (unpaired) electrons. The summed E-state index contributed by atoms with van der Waals surface area (Å²) in [6, 6.07) is 11.6. The Kier molecular flexibility index (Phi) is 4.00. The van der Waals surface area contributed by atoms with Crippen LogP contribution < -0.4 is 4.74 Å². The maximum atomic E-state index is 12.4. The van der Waals surface area contributed by atoms with Gasteiger partial charge in [0.25, 0.3) is 0 Å². The zero-order valence-electron chi connectivity index (χ0n) is 9.75. The zero-order valence-corrected chi connectivity index (χ0v) is 10.5. The van der Waals surface area contributed by atoms with Gasteiger partial charge < -0.3 is 4.74 Å². The van der Waals surface area contributed by atoms with Crippen molar-refractivity contribution < 1.29 is 17.9 Å². The summed E-state index contributed by atoms with van der Waals surface area (Å²) >= 11 is 5.69. The third-order valence-corrected chi connectivity index (χ3v) is 2.78. The Bertz CT molecular complexity index is 549. The summed E-state index contributed by atoms with van der Waals surface area (Å²) in [7, 11) is 0. The summed E-state index contributed by atoms with van der Waals surface area (Å²) in [5, 5.41) is 0. The lowest BCUT2D eigenvalue weighted by atomic mass is 10.2. The smallest absolute Gasteiger partial charge is 0.416 e. The molecule has 0 atom stereocenters. The molecule has 0 aliphatic rings. The van der Waals surface area contributed by atoms with Gasteiger partial charge in [-0.3, -0.25) is 0 Å². The van der Waals surface area contributed by atoms with Crippen molar-refractivity contribution in [2.24, 2.45) is 0 Å². The quantitative estimate of drug-likeness (QED) is 0.701. The molecule has 0 spiro atoms. The van der Waals surface area contributed by atoms with E-state index in [9.17, 15) is 13.2 Å². The van der Waals surface area contributed by atoms with Crippen LogP contribution in [0.5, 0.6) is 11.5 Å². The number of hydrogen-bond donors (Lipinski definition) is 0. The lowest BCUT2D eigenvalue weighted by Gasteiger charge is -2.09. The van der Waals surface area contributed by atoms with Crippen molar-refractivity contribution >= 4 is 11.6 Å². The molecule has 0 unspecified atom stereocenters. The summed E-state index contributed by atoms with van der Waals surface area (Å²) in [5.74, 6) is 1.24. The molecule has 0 aliphatic carbocycles. The lowest BCUT2D eigenvalue weighted by molar-refractivity contribution is -0.137. The predicted octanol–water partition coefficient (Wildman–Crippen LogP) is 5.24. The minimum Gasteiger partial charge on any atom is -0.457 e. The molecule has 2 rings (SSSR count). The van der Waals surface area contributed by atoms with Gasteiger partial charge in [-0.15, -0.1) is 11.6 Å². The second-order valence-corrected chi connectivity index (χ2v) is 4.17. The number of rotatable bonds is 3. The van der Waals surface area contributed by atoms with Crippen LogP contribution in [0.15, 0.2) is 48.5 Å². The number of benzene rings is 2. The first-order valence-electron chi connectivity index (χ1n) is 5.49. The van der Waals surface area contributed by atoms with Gasteiger partial charge in [-0.25, -0.2) is 0 Å². The van der Waals surface area contributed by atoms with Gasteiger partial charge >= 0.3 is 6.18 Å². The van der Waals surface area contributed by atoms with Crippen LogP contribution in [-0.4, -0.2) is 0 Å². The van der Waals surface area contributed by atoms with Crippen LogP contribution in [0.4, 0.5) is 13.2 Å². The third-order valence-electron chi connectivity index (χ3n) is 2.47. The van der Waals surface area contributed by atoms with Gasteiger partial charge in [0.2, 0.25) is 0 Å². The van der Waals surface area contributed by atoms with E-state index in [2.05, 4.69) is 0 Å². The van der Waals surface area contributed by atoms with Crippen LogP contribution in [0.2, 0.25) is 0 Å². The Morgan fingerprint density at radius 3 is 2.21 bits per heavy atom. The summed E-state index contributed by atoms with van der Waals surface area (Å²) < 4.78 is 42.6. The minimum atomic E-state index is -4.34. The average molecular weight is 287 g/mol. The van der Waals surface area contributed by atoms with Gasteiger partial charge in [-0.05, 0) is 42.0 Å². The van der Waals surface area contributed by atoms with E-state index < -0.39 is 11.7 Å². The number of alkyl halides is 4. The van der Waals surface area contributed by atoms with Gasteiger partial charge in [0, 0.05) is 5.88 Å². The van der Waals surface area contributed by atoms with E-state index in [1.54, 1.807) is 18.2 Å². The van der Waals surface area contributed by atoms with E-state index in [0.29, 0.717) is 17.4 Å². The van der Waals surface area contributed by atoms with E-state index in [0.717, 1.165) is 17.7 Å². The fraction of sp³-hybridized carbons (Fsp3) is 0.143. The second kappa shape index (κ2) is 5.53. The summed E-state index contributed by atoms with van der Waals surface area (Å²) in [6.07, 6.45) is -4.34. The topological polar surface area (TPSA) is 9.23 Å². The first-order valence-corrected chi connectivity index (χ1v) is 6.02. The van der Waals surface area contributed by atoms with Gasteiger partial charge in [-0.1, -0.05) is 12.1 Å². The first-order chi connectivity index (χ1) is 8.99. The molecule has 0 bridgehead atoms. The highest BCUT2D eigenvalue weighted by Crippen LogP contribution is 2.31. The molecule has 0 saturated carbocycles. The van der Waals surface area contributed by atoms with Crippen molar-refractivity contribution in [2.45, 2.75) is 12.1 Å². The molecule has 1 nitrogen and oxygen atoms in total. The molecule has 0 fully saturated rings. The molecule has 0 aliphatic heterocycles. The molecular weight excluding hydrogens is 277 g/mol. The number of ether oxygens (including phenoxy) is 1. The Balaban J connectivity index is 2.15. The summed E-state index contributed by atoms with van der Waals surface area (Å²) in [6.45, 7) is 0. The molecule has 100 valence electrons. The van der Waals surface area contributed by atoms with E-state index in [-0.39, 0.29) is 0 Å².